The Kier molecular flexibility index (Phi) is 6.06. The molecule has 0 aliphatic rings. The van der Waals surface area contributed by atoms with E-state index in [-0.39, 0.29) is 17.4 Å². The van der Waals surface area contributed by atoms with Gasteiger partial charge in [0.25, 0.3) is 5.91 Å². The molecule has 1 amide bonds. The summed E-state index contributed by atoms with van der Waals surface area (Å²) < 4.78 is 5.75. The van der Waals surface area contributed by atoms with Crippen LogP contribution in [-0.4, -0.2) is 11.7 Å². The number of hydrogen-bond acceptors (Lipinski definition) is 4. The second-order valence-corrected chi connectivity index (χ2v) is 6.61. The first-order chi connectivity index (χ1) is 14.0. The lowest BCUT2D eigenvalue weighted by atomic mass is 10.1. The van der Waals surface area contributed by atoms with E-state index in [0.29, 0.717) is 17.1 Å². The Hall–Kier alpha value is -3.91. The van der Waals surface area contributed by atoms with E-state index in [9.17, 15) is 14.9 Å². The van der Waals surface area contributed by atoms with Gasteiger partial charge in [-0.25, -0.2) is 0 Å². The molecule has 144 valence electrons. The Labute approximate surface area is 169 Å². The molecule has 0 saturated carbocycles. The lowest BCUT2D eigenvalue weighted by Gasteiger charge is -2.13. The number of nitrogens with one attached hydrogen (secondary N) is 1. The van der Waals surface area contributed by atoms with Crippen LogP contribution in [0, 0.1) is 11.3 Å². The number of carbonyl (C=O) groups excluding carboxylic acids is 2. The summed E-state index contributed by atoms with van der Waals surface area (Å²) in [6.45, 7) is 3.37. The van der Waals surface area contributed by atoms with E-state index in [0.717, 1.165) is 11.1 Å². The molecule has 1 aromatic heterocycles. The average molecular weight is 384 g/mol. The minimum absolute atomic E-state index is 0.00553. The lowest BCUT2D eigenvalue weighted by molar-refractivity contribution is -0.117. The molecular formula is C24H20N2O3. The van der Waals surface area contributed by atoms with Crippen molar-refractivity contribution in [1.82, 2.24) is 5.32 Å². The molecule has 29 heavy (non-hydrogen) atoms. The number of rotatable bonds is 6. The first-order valence-corrected chi connectivity index (χ1v) is 9.16. The van der Waals surface area contributed by atoms with E-state index in [1.807, 2.05) is 43.3 Å². The fourth-order valence-electron chi connectivity index (χ4n) is 2.85. The lowest BCUT2D eigenvalue weighted by Crippen LogP contribution is -2.27. The third kappa shape index (κ3) is 4.88. The van der Waals surface area contributed by atoms with E-state index < -0.39 is 5.91 Å². The summed E-state index contributed by atoms with van der Waals surface area (Å²) in [4.78, 5) is 23.8. The van der Waals surface area contributed by atoms with Crippen molar-refractivity contribution in [1.29, 1.82) is 5.26 Å². The number of hydrogen-bond donors (Lipinski definition) is 1. The van der Waals surface area contributed by atoms with Crippen LogP contribution in [0.5, 0.6) is 0 Å². The summed E-state index contributed by atoms with van der Waals surface area (Å²) in [5, 5.41) is 12.2. The maximum Gasteiger partial charge on any atom is 0.262 e. The summed E-state index contributed by atoms with van der Waals surface area (Å²) in [5.74, 6) is 0.512. The van der Waals surface area contributed by atoms with Gasteiger partial charge in [0, 0.05) is 17.2 Å². The summed E-state index contributed by atoms with van der Waals surface area (Å²) in [5.41, 5.74) is 2.33. The molecule has 0 fully saturated rings. The summed E-state index contributed by atoms with van der Waals surface area (Å²) in [6, 6.07) is 21.7. The Morgan fingerprint density at radius 1 is 1.03 bits per heavy atom. The van der Waals surface area contributed by atoms with Crippen LogP contribution in [0.25, 0.3) is 17.4 Å². The second-order valence-electron chi connectivity index (χ2n) is 6.61. The highest BCUT2D eigenvalue weighted by atomic mass is 16.3. The van der Waals surface area contributed by atoms with Crippen molar-refractivity contribution in [3.63, 3.8) is 0 Å². The summed E-state index contributed by atoms with van der Waals surface area (Å²) in [7, 11) is 0. The molecule has 0 spiro atoms. The van der Waals surface area contributed by atoms with Crippen LogP contribution < -0.4 is 5.32 Å². The predicted octanol–water partition coefficient (Wildman–Crippen LogP) is 4.93. The van der Waals surface area contributed by atoms with Crippen molar-refractivity contribution in [2.75, 3.05) is 0 Å². The van der Waals surface area contributed by atoms with Gasteiger partial charge in [0.1, 0.15) is 23.2 Å². The number of ketones is 1. The van der Waals surface area contributed by atoms with Crippen molar-refractivity contribution in [3.8, 4) is 17.4 Å². The summed E-state index contributed by atoms with van der Waals surface area (Å²) >= 11 is 0. The van der Waals surface area contributed by atoms with E-state index in [4.69, 9.17) is 4.42 Å². The van der Waals surface area contributed by atoms with Gasteiger partial charge >= 0.3 is 0 Å². The molecule has 1 heterocycles. The van der Waals surface area contributed by atoms with Gasteiger partial charge < -0.3 is 9.73 Å². The number of benzene rings is 2. The van der Waals surface area contributed by atoms with Gasteiger partial charge in [0.15, 0.2) is 5.78 Å². The minimum Gasteiger partial charge on any atom is -0.457 e. The van der Waals surface area contributed by atoms with Gasteiger partial charge in [-0.1, -0.05) is 54.6 Å². The van der Waals surface area contributed by atoms with Gasteiger partial charge in [-0.2, -0.15) is 5.26 Å². The van der Waals surface area contributed by atoms with Crippen LogP contribution in [0.3, 0.4) is 0 Å². The maximum absolute atomic E-state index is 12.5. The number of nitriles is 1. The largest absolute Gasteiger partial charge is 0.457 e. The van der Waals surface area contributed by atoms with E-state index >= 15 is 0 Å². The molecule has 0 radical (unpaired) electrons. The molecule has 3 aromatic rings. The Bertz CT molecular complexity index is 1090. The highest BCUT2D eigenvalue weighted by Gasteiger charge is 2.15. The fourth-order valence-corrected chi connectivity index (χ4v) is 2.85. The van der Waals surface area contributed by atoms with E-state index in [1.165, 1.54) is 13.0 Å². The van der Waals surface area contributed by atoms with Gasteiger partial charge in [-0.15, -0.1) is 0 Å². The first-order valence-electron chi connectivity index (χ1n) is 9.16. The molecule has 0 saturated heterocycles. The predicted molar refractivity (Wildman–Crippen MR) is 111 cm³/mol. The number of furan rings is 1. The van der Waals surface area contributed by atoms with Crippen molar-refractivity contribution in [2.24, 2.45) is 0 Å². The number of Topliss-reactive ketones (excluding diaryl/α,β-unsaturated/α-hetero) is 1. The zero-order valence-corrected chi connectivity index (χ0v) is 16.2. The van der Waals surface area contributed by atoms with E-state index in [1.54, 1.807) is 36.4 Å². The SMILES string of the molecule is CC(=O)c1ccc(-c2ccc(/C=C(/C#N)C(=O)N[C@H](C)c3ccccc3)o2)cc1. The van der Waals surface area contributed by atoms with Crippen molar-refractivity contribution in [3.05, 3.63) is 89.2 Å². The van der Waals surface area contributed by atoms with Crippen LogP contribution >= 0.6 is 0 Å². The van der Waals surface area contributed by atoms with Gasteiger partial charge in [-0.3, -0.25) is 9.59 Å². The molecule has 0 bridgehead atoms. The van der Waals surface area contributed by atoms with Crippen LogP contribution in [0.4, 0.5) is 0 Å². The normalized spacial score (nSPS) is 12.1. The van der Waals surface area contributed by atoms with Crippen molar-refractivity contribution < 1.29 is 14.0 Å². The molecule has 1 atom stereocenters. The molecule has 2 aromatic carbocycles. The highest BCUT2D eigenvalue weighted by molar-refractivity contribution is 6.01. The maximum atomic E-state index is 12.5. The molecule has 3 rings (SSSR count). The van der Waals surface area contributed by atoms with Gasteiger partial charge in [0.2, 0.25) is 0 Å². The van der Waals surface area contributed by atoms with Gasteiger partial charge in [-0.05, 0) is 31.5 Å². The molecule has 5 nitrogen and oxygen atoms in total. The third-order valence-corrected chi connectivity index (χ3v) is 4.50. The van der Waals surface area contributed by atoms with E-state index in [2.05, 4.69) is 5.32 Å². The third-order valence-electron chi connectivity index (χ3n) is 4.50. The molecule has 0 unspecified atom stereocenters. The Morgan fingerprint density at radius 3 is 2.34 bits per heavy atom. The standard InChI is InChI=1S/C24H20N2O3/c1-16(18-6-4-3-5-7-18)26-24(28)21(15-25)14-22-12-13-23(29-22)20-10-8-19(9-11-20)17(2)27/h3-14,16H,1-2H3,(H,26,28)/b21-14-/t16-/m1/s1. The van der Waals surface area contributed by atoms with Crippen LogP contribution in [0.2, 0.25) is 0 Å². The Morgan fingerprint density at radius 2 is 1.72 bits per heavy atom. The number of amides is 1. The van der Waals surface area contributed by atoms with Gasteiger partial charge in [0.05, 0.1) is 6.04 Å². The topological polar surface area (TPSA) is 83.1 Å². The van der Waals surface area contributed by atoms with Crippen LogP contribution in [-0.2, 0) is 4.79 Å². The molecular weight excluding hydrogens is 364 g/mol. The minimum atomic E-state index is -0.465. The van der Waals surface area contributed by atoms with Crippen molar-refractivity contribution in [2.45, 2.75) is 19.9 Å². The number of nitrogens with zero attached hydrogens (tertiary/aromatic N) is 1. The zero-order valence-electron chi connectivity index (χ0n) is 16.2. The Balaban J connectivity index is 1.75. The first kappa shape index (κ1) is 19.8. The fraction of sp³-hybridized carbons (Fsp3) is 0.125. The molecule has 0 aliphatic heterocycles. The quantitative estimate of drug-likeness (QED) is 0.371. The molecule has 0 aliphatic carbocycles. The molecule has 1 N–H and O–H groups in total. The van der Waals surface area contributed by atoms with Crippen LogP contribution in [0.1, 0.15) is 41.6 Å². The van der Waals surface area contributed by atoms with Crippen LogP contribution in [0.15, 0.2) is 76.7 Å². The average Bonchev–Trinajstić information content (AvgIpc) is 3.21. The molecule has 5 heteroatoms. The number of carbonyl (C=O) groups is 2. The summed E-state index contributed by atoms with van der Waals surface area (Å²) in [6.07, 6.45) is 1.42. The monoisotopic (exact) mass is 384 g/mol. The zero-order chi connectivity index (χ0) is 20.8. The highest BCUT2D eigenvalue weighted by Crippen LogP contribution is 2.24. The van der Waals surface area contributed by atoms with Crippen molar-refractivity contribution >= 4 is 17.8 Å². The smallest absolute Gasteiger partial charge is 0.262 e. The second kappa shape index (κ2) is 8.85.